The summed E-state index contributed by atoms with van der Waals surface area (Å²) in [5.74, 6) is -1.21. The summed E-state index contributed by atoms with van der Waals surface area (Å²) >= 11 is 0. The average molecular weight is 1060 g/mol. The molecule has 1 amide bonds. The standard InChI is InChI=1S/C64H115NO10/c1-4-7-10-13-16-19-22-24-26-27-28-29-30-32-33-36-39-42-45-48-51-57(68)63(72)65-55(56(67)50-47-44-41-38-35-21-18-15-12-9-6-3)54-73-64-62(61(71)60(70)58(53-66)74-64)75-59(69)52-49-46-43-40-37-34-31-25-23-20-17-14-11-8-5-2/h8,11,14,17,20,23,25,31,47,50,55-58,60-62,64,66-68,70-71H,4-7,9-10,12-13,15-16,18-19,21-22,24,26-30,32-46,48-49,51-54H2,1-3H3,(H,65,72)/b11-8+,17-14+,23-20+,31-25-,50-47+. The Morgan fingerprint density at radius 1 is 0.533 bits per heavy atom. The molecule has 0 aliphatic carbocycles. The summed E-state index contributed by atoms with van der Waals surface area (Å²) in [5, 5.41) is 56.9. The van der Waals surface area contributed by atoms with Crippen molar-refractivity contribution in [2.75, 3.05) is 13.2 Å². The summed E-state index contributed by atoms with van der Waals surface area (Å²) in [7, 11) is 0. The third-order valence-corrected chi connectivity index (χ3v) is 14.5. The Balaban J connectivity index is 2.65. The lowest BCUT2D eigenvalue weighted by Gasteiger charge is -2.41. The quantitative estimate of drug-likeness (QED) is 0.0149. The van der Waals surface area contributed by atoms with Gasteiger partial charge in [0.15, 0.2) is 12.4 Å². The average Bonchev–Trinajstić information content (AvgIpc) is 3.41. The van der Waals surface area contributed by atoms with Crippen LogP contribution in [0.5, 0.6) is 0 Å². The predicted octanol–water partition coefficient (Wildman–Crippen LogP) is 14.6. The minimum absolute atomic E-state index is 0.0969. The molecule has 6 N–H and O–H groups in total. The minimum atomic E-state index is -1.62. The van der Waals surface area contributed by atoms with E-state index in [1.165, 1.54) is 148 Å². The van der Waals surface area contributed by atoms with Crippen LogP contribution in [0.1, 0.15) is 271 Å². The Kier molecular flexibility index (Phi) is 48.9. The summed E-state index contributed by atoms with van der Waals surface area (Å²) in [4.78, 5) is 26.5. The lowest BCUT2D eigenvalue weighted by Crippen LogP contribution is -2.61. The lowest BCUT2D eigenvalue weighted by atomic mass is 9.99. The molecule has 0 bridgehead atoms. The molecule has 0 aromatic rings. The molecule has 1 fully saturated rings. The van der Waals surface area contributed by atoms with Gasteiger partial charge in [0.2, 0.25) is 5.91 Å². The Morgan fingerprint density at radius 2 is 0.960 bits per heavy atom. The molecule has 0 spiro atoms. The molecule has 1 saturated heterocycles. The van der Waals surface area contributed by atoms with Crippen LogP contribution in [0.15, 0.2) is 60.8 Å². The number of hydrogen-bond donors (Lipinski definition) is 6. The number of unbranched alkanes of at least 4 members (excludes halogenated alkanes) is 33. The van der Waals surface area contributed by atoms with Crippen LogP contribution in [0.3, 0.4) is 0 Å². The molecule has 8 atom stereocenters. The summed E-state index contributed by atoms with van der Waals surface area (Å²) in [6.45, 7) is 5.64. The first-order chi connectivity index (χ1) is 36.7. The van der Waals surface area contributed by atoms with Crippen LogP contribution < -0.4 is 5.32 Å². The van der Waals surface area contributed by atoms with E-state index in [2.05, 4.69) is 38.2 Å². The van der Waals surface area contributed by atoms with Gasteiger partial charge in [-0.3, -0.25) is 9.59 Å². The van der Waals surface area contributed by atoms with Crippen molar-refractivity contribution >= 4 is 11.9 Å². The van der Waals surface area contributed by atoms with E-state index in [4.69, 9.17) is 14.2 Å². The Hall–Kier alpha value is -2.64. The monoisotopic (exact) mass is 1060 g/mol. The van der Waals surface area contributed by atoms with Gasteiger partial charge in [-0.15, -0.1) is 0 Å². The molecular weight excluding hydrogens is 943 g/mol. The van der Waals surface area contributed by atoms with E-state index in [1.807, 2.05) is 42.5 Å². The van der Waals surface area contributed by atoms with E-state index in [9.17, 15) is 35.1 Å². The van der Waals surface area contributed by atoms with Gasteiger partial charge in [0.25, 0.3) is 0 Å². The largest absolute Gasteiger partial charge is 0.454 e. The minimum Gasteiger partial charge on any atom is -0.454 e. The molecule has 0 radical (unpaired) electrons. The van der Waals surface area contributed by atoms with E-state index in [0.29, 0.717) is 19.3 Å². The second-order valence-corrected chi connectivity index (χ2v) is 21.5. The van der Waals surface area contributed by atoms with Crippen molar-refractivity contribution in [3.05, 3.63) is 60.8 Å². The number of ether oxygens (including phenoxy) is 3. The smallest absolute Gasteiger partial charge is 0.306 e. The van der Waals surface area contributed by atoms with Gasteiger partial charge in [-0.2, -0.15) is 0 Å². The maximum absolute atomic E-state index is 13.4. The fourth-order valence-electron chi connectivity index (χ4n) is 9.60. The number of allylic oxidation sites excluding steroid dienone is 9. The van der Waals surface area contributed by atoms with Crippen molar-refractivity contribution in [3.8, 4) is 0 Å². The van der Waals surface area contributed by atoms with Gasteiger partial charge < -0.3 is 45.1 Å². The van der Waals surface area contributed by atoms with E-state index in [-0.39, 0.29) is 13.0 Å². The molecule has 436 valence electrons. The number of rotatable bonds is 52. The Bertz CT molecular complexity index is 1450. The van der Waals surface area contributed by atoms with Crippen molar-refractivity contribution in [3.63, 3.8) is 0 Å². The molecule has 0 aromatic heterocycles. The van der Waals surface area contributed by atoms with Crippen LogP contribution in [0.4, 0.5) is 0 Å². The normalized spacial score (nSPS) is 19.6. The molecule has 11 nitrogen and oxygen atoms in total. The molecule has 75 heavy (non-hydrogen) atoms. The zero-order valence-electron chi connectivity index (χ0n) is 48.2. The van der Waals surface area contributed by atoms with Gasteiger partial charge >= 0.3 is 5.97 Å². The summed E-state index contributed by atoms with van der Waals surface area (Å²) in [6, 6.07) is -1.03. The summed E-state index contributed by atoms with van der Waals surface area (Å²) < 4.78 is 17.6. The first-order valence-electron chi connectivity index (χ1n) is 31.1. The van der Waals surface area contributed by atoms with Crippen LogP contribution in [0.25, 0.3) is 0 Å². The van der Waals surface area contributed by atoms with Crippen molar-refractivity contribution < 1.29 is 49.3 Å². The van der Waals surface area contributed by atoms with Crippen molar-refractivity contribution in [1.29, 1.82) is 0 Å². The maximum atomic E-state index is 13.4. The van der Waals surface area contributed by atoms with Gasteiger partial charge in [-0.25, -0.2) is 0 Å². The van der Waals surface area contributed by atoms with E-state index in [1.54, 1.807) is 6.08 Å². The fraction of sp³-hybridized carbons (Fsp3) is 0.812. The van der Waals surface area contributed by atoms with Gasteiger partial charge in [0.05, 0.1) is 25.4 Å². The van der Waals surface area contributed by atoms with Crippen LogP contribution in [0, 0.1) is 0 Å². The molecule has 1 aliphatic rings. The number of aliphatic hydroxyl groups excluding tert-OH is 5. The number of carbonyl (C=O) groups excluding carboxylic acids is 2. The lowest BCUT2D eigenvalue weighted by molar-refractivity contribution is -0.305. The van der Waals surface area contributed by atoms with E-state index >= 15 is 0 Å². The second-order valence-electron chi connectivity index (χ2n) is 21.5. The van der Waals surface area contributed by atoms with Gasteiger partial charge in [-0.1, -0.05) is 281 Å². The van der Waals surface area contributed by atoms with E-state index < -0.39 is 67.4 Å². The molecule has 11 heteroatoms. The van der Waals surface area contributed by atoms with Gasteiger partial charge in [0.1, 0.15) is 24.4 Å². The zero-order chi connectivity index (χ0) is 54.7. The van der Waals surface area contributed by atoms with Crippen LogP contribution in [-0.4, -0.2) is 99.6 Å². The topological polar surface area (TPSA) is 175 Å². The summed E-state index contributed by atoms with van der Waals surface area (Å²) in [6.07, 6.45) is 54.1. The third kappa shape index (κ3) is 40.2. The number of nitrogens with one attached hydrogen (secondary N) is 1. The van der Waals surface area contributed by atoms with Gasteiger partial charge in [0, 0.05) is 6.42 Å². The molecule has 8 unspecified atom stereocenters. The SMILES string of the molecule is CC/C=C/C=C/C=C/C=C\CCCCCCCC(=O)OC1C(OCC(NC(=O)C(O)CCCCCCCCCCCCCCCCCCCCCC)C(O)/C=C/CCCCCCCCCCC)OC(CO)C(O)C1O. The van der Waals surface area contributed by atoms with Crippen LogP contribution >= 0.6 is 0 Å². The Morgan fingerprint density at radius 3 is 1.44 bits per heavy atom. The maximum Gasteiger partial charge on any atom is 0.306 e. The molecule has 1 rings (SSSR count). The van der Waals surface area contributed by atoms with Crippen LogP contribution in [0.2, 0.25) is 0 Å². The fourth-order valence-corrected chi connectivity index (χ4v) is 9.60. The number of carbonyl (C=O) groups is 2. The molecular formula is C64H115NO10. The first-order valence-corrected chi connectivity index (χ1v) is 31.1. The number of esters is 1. The highest BCUT2D eigenvalue weighted by molar-refractivity contribution is 5.80. The highest BCUT2D eigenvalue weighted by Crippen LogP contribution is 2.26. The molecule has 1 heterocycles. The molecule has 0 aromatic carbocycles. The Labute approximate surface area is 458 Å². The van der Waals surface area contributed by atoms with Gasteiger partial charge in [-0.05, 0) is 44.9 Å². The van der Waals surface area contributed by atoms with Crippen molar-refractivity contribution in [1.82, 2.24) is 5.32 Å². The van der Waals surface area contributed by atoms with Crippen LogP contribution in [-0.2, 0) is 23.8 Å². The van der Waals surface area contributed by atoms with E-state index in [0.717, 1.165) is 77.0 Å². The van der Waals surface area contributed by atoms with Crippen molar-refractivity contribution in [2.24, 2.45) is 0 Å². The third-order valence-electron chi connectivity index (χ3n) is 14.5. The highest BCUT2D eigenvalue weighted by Gasteiger charge is 2.47. The number of hydrogen-bond acceptors (Lipinski definition) is 10. The second kappa shape index (κ2) is 52.1. The summed E-state index contributed by atoms with van der Waals surface area (Å²) in [5.41, 5.74) is 0. The zero-order valence-corrected chi connectivity index (χ0v) is 48.2. The number of aliphatic hydroxyl groups is 5. The predicted molar refractivity (Wildman–Crippen MR) is 310 cm³/mol. The molecule has 1 aliphatic heterocycles. The highest BCUT2D eigenvalue weighted by atomic mass is 16.7. The first kappa shape index (κ1) is 70.4. The molecule has 0 saturated carbocycles. The number of amides is 1. The van der Waals surface area contributed by atoms with Crippen molar-refractivity contribution in [2.45, 2.75) is 320 Å².